The summed E-state index contributed by atoms with van der Waals surface area (Å²) in [5.74, 6) is 0.975. The number of hydrogen-bond donors (Lipinski definition) is 1. The smallest absolute Gasteiger partial charge is 0.159 e. The second-order valence-corrected chi connectivity index (χ2v) is 7.48. The van der Waals surface area contributed by atoms with Crippen LogP contribution in [0, 0.1) is 0 Å². The molecule has 1 unspecified atom stereocenters. The van der Waals surface area contributed by atoms with Gasteiger partial charge in [0.25, 0.3) is 0 Å². The van der Waals surface area contributed by atoms with Crippen molar-refractivity contribution in [2.75, 3.05) is 33.4 Å². The van der Waals surface area contributed by atoms with E-state index in [1.807, 2.05) is 30.3 Å². The molecule has 150 valence electrons. The van der Waals surface area contributed by atoms with E-state index in [0.29, 0.717) is 6.04 Å². The van der Waals surface area contributed by atoms with Gasteiger partial charge in [-0.1, -0.05) is 30.3 Å². The summed E-state index contributed by atoms with van der Waals surface area (Å²) in [5.41, 5.74) is 3.16. The molecule has 0 saturated carbocycles. The fourth-order valence-electron chi connectivity index (χ4n) is 3.88. The van der Waals surface area contributed by atoms with E-state index >= 15 is 0 Å². The van der Waals surface area contributed by atoms with Crippen molar-refractivity contribution in [2.45, 2.75) is 32.5 Å². The normalized spacial score (nSPS) is 18.2. The number of benzene rings is 2. The van der Waals surface area contributed by atoms with E-state index in [1.54, 1.807) is 14.0 Å². The van der Waals surface area contributed by atoms with Crippen LogP contribution < -0.4 is 4.74 Å². The van der Waals surface area contributed by atoms with Crippen molar-refractivity contribution in [3.8, 4) is 5.75 Å². The fraction of sp³-hybridized carbons (Fsp3) is 0.435. The predicted molar refractivity (Wildman–Crippen MR) is 111 cm³/mol. The van der Waals surface area contributed by atoms with Crippen molar-refractivity contribution < 1.29 is 14.6 Å². The number of aliphatic hydroxyl groups is 1. The van der Waals surface area contributed by atoms with Gasteiger partial charge in [-0.3, -0.25) is 14.6 Å². The highest BCUT2D eigenvalue weighted by molar-refractivity contribution is 5.94. The number of methoxy groups -OCH3 is 1. The van der Waals surface area contributed by atoms with E-state index in [2.05, 4.69) is 28.0 Å². The lowest BCUT2D eigenvalue weighted by Gasteiger charge is -2.41. The van der Waals surface area contributed by atoms with Crippen LogP contribution in [-0.2, 0) is 13.1 Å². The third kappa shape index (κ3) is 5.41. The van der Waals surface area contributed by atoms with Crippen LogP contribution in [0.15, 0.2) is 48.5 Å². The number of ketones is 1. The summed E-state index contributed by atoms with van der Waals surface area (Å²) in [7, 11) is 1.69. The van der Waals surface area contributed by atoms with Crippen LogP contribution in [0.1, 0.15) is 34.8 Å². The van der Waals surface area contributed by atoms with E-state index < -0.39 is 0 Å². The maximum absolute atomic E-state index is 11.6. The molecule has 1 aliphatic heterocycles. The maximum Gasteiger partial charge on any atom is 0.159 e. The monoisotopic (exact) mass is 382 g/mol. The van der Waals surface area contributed by atoms with Crippen LogP contribution >= 0.6 is 0 Å². The molecule has 0 spiro atoms. The van der Waals surface area contributed by atoms with Gasteiger partial charge < -0.3 is 9.84 Å². The minimum Gasteiger partial charge on any atom is -0.497 e. The molecule has 0 radical (unpaired) electrons. The third-order valence-electron chi connectivity index (χ3n) is 5.41. The van der Waals surface area contributed by atoms with Gasteiger partial charge in [0, 0.05) is 50.9 Å². The lowest BCUT2D eigenvalue weighted by molar-refractivity contribution is 0.0499. The lowest BCUT2D eigenvalue weighted by Crippen LogP contribution is -2.52. The Morgan fingerprint density at radius 2 is 1.86 bits per heavy atom. The van der Waals surface area contributed by atoms with Crippen LogP contribution in [0.4, 0.5) is 0 Å². The molecule has 0 aliphatic carbocycles. The third-order valence-corrected chi connectivity index (χ3v) is 5.41. The number of aliphatic hydroxyl groups excluding tert-OH is 1. The highest BCUT2D eigenvalue weighted by atomic mass is 16.5. The van der Waals surface area contributed by atoms with Gasteiger partial charge in [0.15, 0.2) is 5.78 Å². The first-order valence-electron chi connectivity index (χ1n) is 9.89. The van der Waals surface area contributed by atoms with E-state index in [4.69, 9.17) is 4.74 Å². The molecule has 0 amide bonds. The molecule has 3 rings (SSSR count). The first kappa shape index (κ1) is 20.5. The molecule has 1 aliphatic rings. The Labute approximate surface area is 167 Å². The summed E-state index contributed by atoms with van der Waals surface area (Å²) in [6.45, 7) is 6.31. The van der Waals surface area contributed by atoms with Gasteiger partial charge in [0.05, 0.1) is 7.11 Å². The molecule has 1 heterocycles. The largest absolute Gasteiger partial charge is 0.497 e. The Morgan fingerprint density at radius 3 is 2.57 bits per heavy atom. The molecule has 28 heavy (non-hydrogen) atoms. The number of carbonyl (C=O) groups is 1. The Balaban J connectivity index is 1.65. The Bertz CT molecular complexity index is 793. The molecule has 1 N–H and O–H groups in total. The zero-order valence-corrected chi connectivity index (χ0v) is 16.8. The average molecular weight is 383 g/mol. The quantitative estimate of drug-likeness (QED) is 0.712. The number of nitrogens with zero attached hydrogens (tertiary/aromatic N) is 2. The fourth-order valence-corrected chi connectivity index (χ4v) is 3.88. The van der Waals surface area contributed by atoms with Crippen molar-refractivity contribution in [1.29, 1.82) is 0 Å². The Kier molecular flexibility index (Phi) is 7.20. The number of Topliss-reactive ketones (excluding diaryl/α,β-unsaturated/α-hetero) is 1. The van der Waals surface area contributed by atoms with E-state index in [-0.39, 0.29) is 12.4 Å². The van der Waals surface area contributed by atoms with E-state index in [1.165, 1.54) is 5.56 Å². The zero-order chi connectivity index (χ0) is 19.9. The second-order valence-electron chi connectivity index (χ2n) is 7.48. The van der Waals surface area contributed by atoms with Gasteiger partial charge in [0.1, 0.15) is 5.75 Å². The number of piperazine rings is 1. The molecule has 2 aromatic carbocycles. The van der Waals surface area contributed by atoms with Crippen molar-refractivity contribution in [2.24, 2.45) is 0 Å². The van der Waals surface area contributed by atoms with Crippen molar-refractivity contribution in [1.82, 2.24) is 9.80 Å². The molecule has 1 atom stereocenters. The van der Waals surface area contributed by atoms with E-state index in [9.17, 15) is 9.90 Å². The van der Waals surface area contributed by atoms with Crippen LogP contribution in [0.2, 0.25) is 0 Å². The van der Waals surface area contributed by atoms with Crippen LogP contribution in [-0.4, -0.2) is 60.1 Å². The standard InChI is InChI=1S/C23H30N2O3/c1-18(27)21-7-3-5-19(13-21)15-24-10-11-25(22(17-24)9-12-26)16-20-6-4-8-23(14-20)28-2/h3-8,13-14,22,26H,9-12,15-17H2,1-2H3. The molecular weight excluding hydrogens is 352 g/mol. The molecule has 0 aromatic heterocycles. The molecule has 0 bridgehead atoms. The number of hydrogen-bond acceptors (Lipinski definition) is 5. The molecule has 5 heteroatoms. The van der Waals surface area contributed by atoms with Gasteiger partial charge in [-0.25, -0.2) is 0 Å². The number of rotatable bonds is 8. The van der Waals surface area contributed by atoms with Crippen molar-refractivity contribution in [3.63, 3.8) is 0 Å². The number of carbonyl (C=O) groups excluding carboxylic acids is 1. The SMILES string of the molecule is COc1cccc(CN2CCN(Cc3cccc(C(C)=O)c3)CC2CCO)c1. The highest BCUT2D eigenvalue weighted by Crippen LogP contribution is 2.21. The van der Waals surface area contributed by atoms with E-state index in [0.717, 1.165) is 56.0 Å². The highest BCUT2D eigenvalue weighted by Gasteiger charge is 2.26. The van der Waals surface area contributed by atoms with Crippen LogP contribution in [0.5, 0.6) is 5.75 Å². The molecule has 5 nitrogen and oxygen atoms in total. The average Bonchev–Trinajstić information content (AvgIpc) is 2.70. The van der Waals surface area contributed by atoms with Crippen LogP contribution in [0.3, 0.4) is 0 Å². The first-order valence-corrected chi connectivity index (χ1v) is 9.89. The van der Waals surface area contributed by atoms with Gasteiger partial charge in [-0.2, -0.15) is 0 Å². The van der Waals surface area contributed by atoms with Gasteiger partial charge >= 0.3 is 0 Å². The minimum absolute atomic E-state index is 0.100. The summed E-state index contributed by atoms with van der Waals surface area (Å²) < 4.78 is 5.34. The molecule has 1 fully saturated rings. The maximum atomic E-state index is 11.6. The Morgan fingerprint density at radius 1 is 1.11 bits per heavy atom. The van der Waals surface area contributed by atoms with Crippen molar-refractivity contribution in [3.05, 3.63) is 65.2 Å². The van der Waals surface area contributed by atoms with Gasteiger partial charge in [-0.05, 0) is 42.7 Å². The summed E-state index contributed by atoms with van der Waals surface area (Å²) in [5, 5.41) is 9.56. The molecule has 1 saturated heterocycles. The first-order chi connectivity index (χ1) is 13.6. The zero-order valence-electron chi connectivity index (χ0n) is 16.8. The van der Waals surface area contributed by atoms with Gasteiger partial charge in [0.2, 0.25) is 0 Å². The summed E-state index contributed by atoms with van der Waals surface area (Å²) in [6, 6.07) is 16.4. The molecular formula is C23H30N2O3. The summed E-state index contributed by atoms with van der Waals surface area (Å²) in [4.78, 5) is 16.5. The second kappa shape index (κ2) is 9.82. The Hall–Kier alpha value is -2.21. The predicted octanol–water partition coefficient (Wildman–Crippen LogP) is 2.97. The molecule has 2 aromatic rings. The lowest BCUT2D eigenvalue weighted by atomic mass is 10.0. The topological polar surface area (TPSA) is 53.0 Å². The minimum atomic E-state index is 0.100. The number of ether oxygens (including phenoxy) is 1. The summed E-state index contributed by atoms with van der Waals surface area (Å²) >= 11 is 0. The van der Waals surface area contributed by atoms with Crippen molar-refractivity contribution >= 4 is 5.78 Å². The summed E-state index contributed by atoms with van der Waals surface area (Å²) in [6.07, 6.45) is 0.758. The van der Waals surface area contributed by atoms with Crippen LogP contribution in [0.25, 0.3) is 0 Å². The van der Waals surface area contributed by atoms with Gasteiger partial charge in [-0.15, -0.1) is 0 Å².